The Hall–Kier alpha value is -1.75. The first kappa shape index (κ1) is 17.6. The zero-order valence-electron chi connectivity index (χ0n) is 14.1. The van der Waals surface area contributed by atoms with E-state index in [-0.39, 0.29) is 18.7 Å². The highest BCUT2D eigenvalue weighted by molar-refractivity contribution is 5.91. The molecule has 0 aliphatic heterocycles. The summed E-state index contributed by atoms with van der Waals surface area (Å²) < 4.78 is 5.78. The molecule has 0 aromatic heterocycles. The lowest BCUT2D eigenvalue weighted by molar-refractivity contribution is 0.163. The lowest BCUT2D eigenvalue weighted by Crippen LogP contribution is -2.43. The third-order valence-corrected chi connectivity index (χ3v) is 4.07. The lowest BCUT2D eigenvalue weighted by Gasteiger charge is -2.28. The van der Waals surface area contributed by atoms with Crippen molar-refractivity contribution in [3.05, 3.63) is 24.3 Å². The Morgan fingerprint density at radius 1 is 1.35 bits per heavy atom. The number of amides is 2. The van der Waals surface area contributed by atoms with Crippen LogP contribution in [0.15, 0.2) is 24.3 Å². The number of aliphatic hydroxyl groups is 1. The second kappa shape index (κ2) is 8.77. The summed E-state index contributed by atoms with van der Waals surface area (Å²) in [6, 6.07) is 7.55. The molecule has 0 atom stereocenters. The van der Waals surface area contributed by atoms with Crippen molar-refractivity contribution in [3.8, 4) is 5.75 Å². The smallest absolute Gasteiger partial charge is 0.322 e. The van der Waals surface area contributed by atoms with Gasteiger partial charge in [-0.3, -0.25) is 0 Å². The Kier molecular flexibility index (Phi) is 6.71. The van der Waals surface area contributed by atoms with Gasteiger partial charge in [0.15, 0.2) is 0 Å². The molecule has 2 amide bonds. The Bertz CT molecular complexity index is 499. The van der Waals surface area contributed by atoms with Gasteiger partial charge in [0, 0.05) is 12.6 Å². The normalized spacial score (nSPS) is 15.0. The zero-order chi connectivity index (χ0) is 16.7. The van der Waals surface area contributed by atoms with Crippen LogP contribution in [-0.2, 0) is 0 Å². The molecule has 1 aromatic rings. The van der Waals surface area contributed by atoms with Gasteiger partial charge in [0.1, 0.15) is 5.75 Å². The largest absolute Gasteiger partial charge is 0.491 e. The Labute approximate surface area is 138 Å². The molecule has 1 aliphatic rings. The van der Waals surface area contributed by atoms with E-state index in [2.05, 4.69) is 19.2 Å². The third kappa shape index (κ3) is 5.13. The molecule has 5 nitrogen and oxygen atoms in total. The standard InChI is InChI=1S/C18H28N2O3/c1-14(2)13-23-17-10-6-5-9-16(17)19-18(22)20(11-12-21)15-7-3-4-8-15/h5-6,9-10,14-15,21H,3-4,7-8,11-13H2,1-2H3,(H,19,22). The molecule has 2 N–H and O–H groups in total. The van der Waals surface area contributed by atoms with Crippen molar-refractivity contribution >= 4 is 11.7 Å². The highest BCUT2D eigenvalue weighted by atomic mass is 16.5. The van der Waals surface area contributed by atoms with Crippen molar-refractivity contribution in [2.24, 2.45) is 5.92 Å². The quantitative estimate of drug-likeness (QED) is 0.808. The van der Waals surface area contributed by atoms with Crippen molar-refractivity contribution in [1.29, 1.82) is 0 Å². The number of anilines is 1. The van der Waals surface area contributed by atoms with Crippen molar-refractivity contribution < 1.29 is 14.6 Å². The van der Waals surface area contributed by atoms with Crippen LogP contribution in [0.1, 0.15) is 39.5 Å². The molecule has 23 heavy (non-hydrogen) atoms. The number of urea groups is 1. The third-order valence-electron chi connectivity index (χ3n) is 4.07. The van der Waals surface area contributed by atoms with Gasteiger partial charge in [-0.2, -0.15) is 0 Å². The highest BCUT2D eigenvalue weighted by Crippen LogP contribution is 2.27. The molecule has 0 unspecified atom stereocenters. The van der Waals surface area contributed by atoms with Crippen LogP contribution in [0.5, 0.6) is 5.75 Å². The molecular formula is C18H28N2O3. The van der Waals surface area contributed by atoms with E-state index in [1.165, 1.54) is 0 Å². The van der Waals surface area contributed by atoms with Crippen molar-refractivity contribution in [1.82, 2.24) is 4.90 Å². The number of ether oxygens (including phenoxy) is 1. The van der Waals surface area contributed by atoms with Crippen LogP contribution < -0.4 is 10.1 Å². The van der Waals surface area contributed by atoms with Crippen LogP contribution in [0.4, 0.5) is 10.5 Å². The monoisotopic (exact) mass is 320 g/mol. The van der Waals surface area contributed by atoms with Crippen molar-refractivity contribution in [3.63, 3.8) is 0 Å². The van der Waals surface area contributed by atoms with Gasteiger partial charge >= 0.3 is 6.03 Å². The molecule has 0 radical (unpaired) electrons. The van der Waals surface area contributed by atoms with Crippen LogP contribution in [0.2, 0.25) is 0 Å². The first-order chi connectivity index (χ1) is 11.1. The van der Waals surface area contributed by atoms with Crippen LogP contribution in [-0.4, -0.2) is 41.8 Å². The number of rotatable bonds is 7. The topological polar surface area (TPSA) is 61.8 Å². The second-order valence-corrected chi connectivity index (χ2v) is 6.49. The molecule has 0 saturated heterocycles. The zero-order valence-corrected chi connectivity index (χ0v) is 14.1. The van der Waals surface area contributed by atoms with E-state index in [4.69, 9.17) is 4.74 Å². The van der Waals surface area contributed by atoms with E-state index in [1.54, 1.807) is 4.90 Å². The number of hydrogen-bond donors (Lipinski definition) is 2. The number of carbonyl (C=O) groups excluding carboxylic acids is 1. The van der Waals surface area contributed by atoms with Crippen molar-refractivity contribution in [2.75, 3.05) is 25.1 Å². The van der Waals surface area contributed by atoms with Gasteiger partial charge in [-0.05, 0) is 30.9 Å². The fourth-order valence-corrected chi connectivity index (χ4v) is 2.91. The van der Waals surface area contributed by atoms with Gasteiger partial charge in [-0.1, -0.05) is 38.8 Å². The molecule has 0 bridgehead atoms. The predicted molar refractivity (Wildman–Crippen MR) is 91.8 cm³/mol. The average molecular weight is 320 g/mol. The van der Waals surface area contributed by atoms with Crippen molar-refractivity contribution in [2.45, 2.75) is 45.6 Å². The van der Waals surface area contributed by atoms with Crippen LogP contribution >= 0.6 is 0 Å². The predicted octanol–water partition coefficient (Wildman–Crippen LogP) is 3.49. The Morgan fingerprint density at radius 3 is 2.70 bits per heavy atom. The van der Waals surface area contributed by atoms with Crippen LogP contribution in [0.3, 0.4) is 0 Å². The first-order valence-corrected chi connectivity index (χ1v) is 8.52. The van der Waals surface area contributed by atoms with Crippen LogP contribution in [0, 0.1) is 5.92 Å². The molecule has 5 heteroatoms. The summed E-state index contributed by atoms with van der Waals surface area (Å²) in [5.74, 6) is 1.10. The Balaban J connectivity index is 2.05. The second-order valence-electron chi connectivity index (χ2n) is 6.49. The van der Waals surface area contributed by atoms with E-state index in [0.717, 1.165) is 25.7 Å². The summed E-state index contributed by atoms with van der Waals surface area (Å²) in [6.07, 6.45) is 4.32. The molecule has 1 fully saturated rings. The number of carbonyl (C=O) groups is 1. The van der Waals surface area contributed by atoms with Gasteiger partial charge < -0.3 is 20.1 Å². The highest BCUT2D eigenvalue weighted by Gasteiger charge is 2.26. The van der Waals surface area contributed by atoms with E-state index in [9.17, 15) is 9.90 Å². The minimum atomic E-state index is -0.161. The van der Waals surface area contributed by atoms with Gasteiger partial charge in [-0.25, -0.2) is 4.79 Å². The SMILES string of the molecule is CC(C)COc1ccccc1NC(=O)N(CCO)C1CCCC1. The molecule has 1 saturated carbocycles. The maximum absolute atomic E-state index is 12.6. The molecule has 1 aromatic carbocycles. The molecule has 2 rings (SSSR count). The van der Waals surface area contributed by atoms with Crippen LogP contribution in [0.25, 0.3) is 0 Å². The number of hydrogen-bond acceptors (Lipinski definition) is 3. The van der Waals surface area contributed by atoms with E-state index < -0.39 is 0 Å². The number of nitrogens with one attached hydrogen (secondary N) is 1. The molecule has 1 aliphatic carbocycles. The number of nitrogens with zero attached hydrogens (tertiary/aromatic N) is 1. The first-order valence-electron chi connectivity index (χ1n) is 8.52. The minimum absolute atomic E-state index is 0.0184. The number of para-hydroxylation sites is 2. The fourth-order valence-electron chi connectivity index (χ4n) is 2.91. The van der Waals surface area contributed by atoms with E-state index in [0.29, 0.717) is 30.5 Å². The van der Waals surface area contributed by atoms with Gasteiger partial charge in [-0.15, -0.1) is 0 Å². The van der Waals surface area contributed by atoms with Gasteiger partial charge in [0.25, 0.3) is 0 Å². The lowest BCUT2D eigenvalue weighted by atomic mass is 10.2. The number of benzene rings is 1. The number of aliphatic hydroxyl groups excluding tert-OH is 1. The molecule has 128 valence electrons. The molecule has 0 heterocycles. The molecule has 0 spiro atoms. The van der Waals surface area contributed by atoms with E-state index >= 15 is 0 Å². The van der Waals surface area contributed by atoms with Gasteiger partial charge in [0.2, 0.25) is 0 Å². The average Bonchev–Trinajstić information content (AvgIpc) is 3.05. The summed E-state index contributed by atoms with van der Waals surface area (Å²) >= 11 is 0. The van der Waals surface area contributed by atoms with Gasteiger partial charge in [0.05, 0.1) is 18.9 Å². The summed E-state index contributed by atoms with van der Waals surface area (Å²) in [5, 5.41) is 12.2. The summed E-state index contributed by atoms with van der Waals surface area (Å²) in [7, 11) is 0. The maximum Gasteiger partial charge on any atom is 0.322 e. The van der Waals surface area contributed by atoms with E-state index in [1.807, 2.05) is 24.3 Å². The maximum atomic E-state index is 12.6. The summed E-state index contributed by atoms with van der Waals surface area (Å²) in [5.41, 5.74) is 0.680. The molecular weight excluding hydrogens is 292 g/mol. The summed E-state index contributed by atoms with van der Waals surface area (Å²) in [4.78, 5) is 14.4. The Morgan fingerprint density at radius 2 is 2.04 bits per heavy atom. The fraction of sp³-hybridized carbons (Fsp3) is 0.611. The minimum Gasteiger partial charge on any atom is -0.491 e. The summed E-state index contributed by atoms with van der Waals surface area (Å²) in [6.45, 7) is 5.13.